The lowest BCUT2D eigenvalue weighted by Crippen LogP contribution is -2.42. The summed E-state index contributed by atoms with van der Waals surface area (Å²) in [5.41, 5.74) is 10.3. The fourth-order valence-corrected chi connectivity index (χ4v) is 4.86. The van der Waals surface area contributed by atoms with Gasteiger partial charge in [0.25, 0.3) is 0 Å². The molecule has 35 heavy (non-hydrogen) atoms. The van der Waals surface area contributed by atoms with Crippen molar-refractivity contribution in [2.75, 3.05) is 12.8 Å². The maximum Gasteiger partial charge on any atom is 0.314 e. The molecule has 0 spiro atoms. The van der Waals surface area contributed by atoms with E-state index in [1.165, 1.54) is 6.33 Å². The third-order valence-corrected chi connectivity index (χ3v) is 6.68. The molecule has 8 nitrogen and oxygen atoms in total. The minimum atomic E-state index is -0.128. The molecule has 0 saturated heterocycles. The molecule has 4 N–H and O–H groups in total. The van der Waals surface area contributed by atoms with E-state index in [9.17, 15) is 4.79 Å². The van der Waals surface area contributed by atoms with Crippen molar-refractivity contribution >= 4 is 22.9 Å². The van der Waals surface area contributed by atoms with E-state index in [0.29, 0.717) is 12.4 Å². The fraction of sp³-hybridized carbons (Fsp3) is 0.296. The number of benzene rings is 2. The first kappa shape index (κ1) is 22.7. The number of hydrogen-bond donors (Lipinski definition) is 3. The molecule has 2 heterocycles. The summed E-state index contributed by atoms with van der Waals surface area (Å²) in [4.78, 5) is 20.6. The molecule has 2 aromatic heterocycles. The molecule has 1 aliphatic rings. The van der Waals surface area contributed by atoms with Crippen LogP contribution >= 0.6 is 0 Å². The van der Waals surface area contributed by atoms with Gasteiger partial charge in [-0.3, -0.25) is 0 Å². The highest BCUT2D eigenvalue weighted by molar-refractivity contribution is 6.00. The Kier molecular flexibility index (Phi) is 6.52. The van der Waals surface area contributed by atoms with Crippen LogP contribution in [0.5, 0.6) is 5.75 Å². The van der Waals surface area contributed by atoms with Crippen molar-refractivity contribution in [1.29, 1.82) is 0 Å². The third kappa shape index (κ3) is 4.91. The Morgan fingerprint density at radius 3 is 2.66 bits per heavy atom. The summed E-state index contributed by atoms with van der Waals surface area (Å²) in [6.07, 6.45) is 7.39. The Balaban J connectivity index is 1.41. The molecule has 1 fully saturated rings. The van der Waals surface area contributed by atoms with E-state index in [1.54, 1.807) is 7.05 Å². The van der Waals surface area contributed by atoms with Gasteiger partial charge in [-0.25, -0.2) is 14.8 Å². The zero-order chi connectivity index (χ0) is 24.2. The van der Waals surface area contributed by atoms with E-state index in [0.717, 1.165) is 59.2 Å². The van der Waals surface area contributed by atoms with Crippen molar-refractivity contribution in [2.24, 2.45) is 0 Å². The number of rotatable bonds is 6. The van der Waals surface area contributed by atoms with Gasteiger partial charge in [-0.2, -0.15) is 0 Å². The molecule has 8 heteroatoms. The summed E-state index contributed by atoms with van der Waals surface area (Å²) in [6.45, 7) is 0.505. The Labute approximate surface area is 204 Å². The smallest absolute Gasteiger partial charge is 0.314 e. The van der Waals surface area contributed by atoms with E-state index >= 15 is 0 Å². The van der Waals surface area contributed by atoms with Gasteiger partial charge in [0, 0.05) is 30.9 Å². The third-order valence-electron chi connectivity index (χ3n) is 6.68. The van der Waals surface area contributed by atoms with Crippen LogP contribution in [-0.2, 0) is 6.61 Å². The number of nitrogens with zero attached hydrogens (tertiary/aromatic N) is 3. The number of carbonyl (C=O) groups excluding carboxylic acids is 1. The quantitative estimate of drug-likeness (QED) is 0.380. The maximum atomic E-state index is 11.7. The van der Waals surface area contributed by atoms with Crippen molar-refractivity contribution in [3.63, 3.8) is 0 Å². The highest BCUT2D eigenvalue weighted by Crippen LogP contribution is 2.38. The van der Waals surface area contributed by atoms with E-state index in [1.807, 2.05) is 36.4 Å². The van der Waals surface area contributed by atoms with E-state index < -0.39 is 0 Å². The van der Waals surface area contributed by atoms with E-state index in [4.69, 9.17) is 10.5 Å². The Hall–Kier alpha value is -4.07. The number of urea groups is 1. The summed E-state index contributed by atoms with van der Waals surface area (Å²) < 4.78 is 8.30. The van der Waals surface area contributed by atoms with Gasteiger partial charge in [0.2, 0.25) is 0 Å². The number of ether oxygens (including phenoxy) is 1. The van der Waals surface area contributed by atoms with Crippen LogP contribution in [0.2, 0.25) is 0 Å². The zero-order valence-electron chi connectivity index (χ0n) is 19.8. The maximum absolute atomic E-state index is 11.7. The lowest BCUT2D eigenvalue weighted by molar-refractivity contribution is 0.229. The lowest BCUT2D eigenvalue weighted by Gasteiger charge is -2.30. The molecule has 0 radical (unpaired) electrons. The standard InChI is InChI=1S/C27H30N6O2/c1-29-27(34)32-20-10-12-21(13-11-20)33-15-23(24-25(28)30-17-31-26(24)33)19-8-5-9-22(14-19)35-16-18-6-3-2-4-7-18/h2-9,14-15,17,20-21H,10-13,16H2,1H3,(H2,28,30,31)(H2,29,32,34)/t20-,21+. The predicted molar refractivity (Wildman–Crippen MR) is 137 cm³/mol. The van der Waals surface area contributed by atoms with Crippen LogP contribution in [0.3, 0.4) is 0 Å². The Bertz CT molecular complexity index is 1310. The van der Waals surface area contributed by atoms with Gasteiger partial charge < -0.3 is 25.7 Å². The summed E-state index contributed by atoms with van der Waals surface area (Å²) in [7, 11) is 1.64. The normalized spacial score (nSPS) is 17.7. The zero-order valence-corrected chi connectivity index (χ0v) is 19.8. The highest BCUT2D eigenvalue weighted by Gasteiger charge is 2.26. The lowest BCUT2D eigenvalue weighted by atomic mass is 9.91. The van der Waals surface area contributed by atoms with E-state index in [-0.39, 0.29) is 18.1 Å². The Morgan fingerprint density at radius 2 is 1.89 bits per heavy atom. The molecule has 0 atom stereocenters. The molecule has 0 bridgehead atoms. The second kappa shape index (κ2) is 10.0. The number of hydrogen-bond acceptors (Lipinski definition) is 5. The molecular formula is C27H30N6O2. The summed E-state index contributed by atoms with van der Waals surface area (Å²) in [5.74, 6) is 1.26. The number of fused-ring (bicyclic) bond motifs is 1. The summed E-state index contributed by atoms with van der Waals surface area (Å²) in [6, 6.07) is 18.5. The van der Waals surface area contributed by atoms with Crippen LogP contribution in [0.1, 0.15) is 37.3 Å². The molecule has 4 aromatic rings. The number of anilines is 1. The number of nitrogens with one attached hydrogen (secondary N) is 2. The van der Waals surface area contributed by atoms with Gasteiger partial charge in [0.15, 0.2) is 0 Å². The van der Waals surface area contributed by atoms with Crippen molar-refractivity contribution in [1.82, 2.24) is 25.2 Å². The van der Waals surface area contributed by atoms with Crippen LogP contribution in [-0.4, -0.2) is 33.7 Å². The molecule has 0 aliphatic heterocycles. The molecule has 1 saturated carbocycles. The second-order valence-corrected chi connectivity index (χ2v) is 8.94. The van der Waals surface area contributed by atoms with Gasteiger partial charge in [0.05, 0.1) is 5.39 Å². The van der Waals surface area contributed by atoms with Crippen LogP contribution in [0, 0.1) is 0 Å². The Morgan fingerprint density at radius 1 is 1.09 bits per heavy atom. The van der Waals surface area contributed by atoms with Gasteiger partial charge in [-0.15, -0.1) is 0 Å². The van der Waals surface area contributed by atoms with Gasteiger partial charge in [-0.1, -0.05) is 42.5 Å². The molecule has 2 amide bonds. The SMILES string of the molecule is CNC(=O)N[C@H]1CC[C@@H](n2cc(-c3cccc(OCc4ccccc4)c3)c3c(N)ncnc32)CC1. The molecule has 2 aromatic carbocycles. The van der Waals surface area contributed by atoms with Crippen molar-refractivity contribution in [3.8, 4) is 16.9 Å². The number of amides is 2. The monoisotopic (exact) mass is 470 g/mol. The number of nitrogen functional groups attached to an aromatic ring is 1. The molecule has 0 unspecified atom stereocenters. The fourth-order valence-electron chi connectivity index (χ4n) is 4.86. The van der Waals surface area contributed by atoms with Crippen LogP contribution in [0.4, 0.5) is 10.6 Å². The molecule has 1 aliphatic carbocycles. The topological polar surface area (TPSA) is 107 Å². The average Bonchev–Trinajstić information content (AvgIpc) is 3.30. The first-order chi connectivity index (χ1) is 17.1. The minimum absolute atomic E-state index is 0.128. The van der Waals surface area contributed by atoms with Crippen LogP contribution in [0.25, 0.3) is 22.2 Å². The number of carbonyl (C=O) groups is 1. The predicted octanol–water partition coefficient (Wildman–Crippen LogP) is 4.67. The second-order valence-electron chi connectivity index (χ2n) is 8.94. The van der Waals surface area contributed by atoms with Gasteiger partial charge >= 0.3 is 6.03 Å². The highest BCUT2D eigenvalue weighted by atomic mass is 16.5. The van der Waals surface area contributed by atoms with Gasteiger partial charge in [0.1, 0.15) is 30.1 Å². The minimum Gasteiger partial charge on any atom is -0.489 e. The van der Waals surface area contributed by atoms with E-state index in [2.05, 4.69) is 49.6 Å². The number of nitrogens with two attached hydrogens (primary N) is 1. The molecular weight excluding hydrogens is 440 g/mol. The summed E-state index contributed by atoms with van der Waals surface area (Å²) >= 11 is 0. The largest absolute Gasteiger partial charge is 0.489 e. The van der Waals surface area contributed by atoms with Crippen molar-refractivity contribution in [3.05, 3.63) is 72.7 Å². The molecule has 180 valence electrons. The first-order valence-electron chi connectivity index (χ1n) is 12.0. The van der Waals surface area contributed by atoms with Crippen LogP contribution in [0.15, 0.2) is 67.1 Å². The average molecular weight is 471 g/mol. The molecule has 5 rings (SSSR count). The van der Waals surface area contributed by atoms with Crippen molar-refractivity contribution in [2.45, 2.75) is 44.4 Å². The van der Waals surface area contributed by atoms with Crippen molar-refractivity contribution < 1.29 is 9.53 Å². The summed E-state index contributed by atoms with van der Waals surface area (Å²) in [5, 5.41) is 6.52. The number of aromatic nitrogens is 3. The van der Waals surface area contributed by atoms with Gasteiger partial charge in [-0.05, 0) is 48.9 Å². The van der Waals surface area contributed by atoms with Crippen LogP contribution < -0.4 is 21.1 Å². The first-order valence-corrected chi connectivity index (χ1v) is 12.0.